The van der Waals surface area contributed by atoms with Gasteiger partial charge in [-0.05, 0) is 0 Å². The zero-order valence-electron chi connectivity index (χ0n) is 5.05. The van der Waals surface area contributed by atoms with Gasteiger partial charge in [-0.2, -0.15) is 4.58 Å². The second-order valence-electron chi connectivity index (χ2n) is 1.81. The van der Waals surface area contributed by atoms with Crippen LogP contribution in [0.2, 0.25) is 0 Å². The van der Waals surface area contributed by atoms with E-state index in [0.717, 1.165) is 19.0 Å². The van der Waals surface area contributed by atoms with Gasteiger partial charge in [0, 0.05) is 6.08 Å². The lowest BCUT2D eigenvalue weighted by Gasteiger charge is -1.84. The summed E-state index contributed by atoms with van der Waals surface area (Å²) in [6.07, 6.45) is 1.73. The molecule has 0 saturated heterocycles. The minimum Gasteiger partial charge on any atom is -0.438 e. The summed E-state index contributed by atoms with van der Waals surface area (Å²) in [6.45, 7) is 5.38. The average molecular weight is 112 g/mol. The molecule has 0 radical (unpaired) electrons. The normalized spacial score (nSPS) is 18.6. The number of rotatable bonds is 1. The number of hydrogen-bond donors (Lipinski definition) is 0. The van der Waals surface area contributed by atoms with E-state index < -0.39 is 0 Å². The first-order valence-electron chi connectivity index (χ1n) is 2.68. The van der Waals surface area contributed by atoms with E-state index in [1.165, 1.54) is 0 Å². The number of ether oxygens (including phenoxy) is 1. The maximum atomic E-state index is 5.14. The molecule has 1 heterocycles. The topological polar surface area (TPSA) is 12.2 Å². The summed E-state index contributed by atoms with van der Waals surface area (Å²) >= 11 is 0. The van der Waals surface area contributed by atoms with Gasteiger partial charge in [0.15, 0.2) is 13.2 Å². The van der Waals surface area contributed by atoms with Gasteiger partial charge in [0.1, 0.15) is 7.05 Å². The van der Waals surface area contributed by atoms with E-state index in [9.17, 15) is 0 Å². The Labute approximate surface area is 49.1 Å². The van der Waals surface area contributed by atoms with Gasteiger partial charge in [-0.15, -0.1) is 0 Å². The van der Waals surface area contributed by atoms with Crippen molar-refractivity contribution in [1.82, 2.24) is 0 Å². The van der Waals surface area contributed by atoms with E-state index >= 15 is 0 Å². The lowest BCUT2D eigenvalue weighted by Crippen LogP contribution is -2.06. The van der Waals surface area contributed by atoms with Crippen LogP contribution in [0.25, 0.3) is 0 Å². The zero-order valence-corrected chi connectivity index (χ0v) is 5.05. The van der Waals surface area contributed by atoms with Crippen molar-refractivity contribution in [2.75, 3.05) is 20.2 Å². The molecule has 1 aliphatic rings. The molecule has 2 nitrogen and oxygen atoms in total. The fourth-order valence-corrected chi connectivity index (χ4v) is 0.722. The summed E-state index contributed by atoms with van der Waals surface area (Å²) in [6, 6.07) is 0. The van der Waals surface area contributed by atoms with Crippen LogP contribution < -0.4 is 0 Å². The molecule has 0 spiro atoms. The molecule has 0 aromatic rings. The summed E-state index contributed by atoms with van der Waals surface area (Å²) in [5.41, 5.74) is 0. The van der Waals surface area contributed by atoms with Crippen LogP contribution in [0.5, 0.6) is 0 Å². The second kappa shape index (κ2) is 1.99. The molecule has 0 aliphatic carbocycles. The van der Waals surface area contributed by atoms with E-state index in [1.807, 2.05) is 11.6 Å². The van der Waals surface area contributed by atoms with Crippen molar-refractivity contribution in [1.29, 1.82) is 0 Å². The SMILES string of the molecule is C=CC1=[N+](C)CCO1. The van der Waals surface area contributed by atoms with Crippen molar-refractivity contribution in [3.05, 3.63) is 12.7 Å². The molecule has 0 atom stereocenters. The highest BCUT2D eigenvalue weighted by atomic mass is 16.5. The fourth-order valence-electron chi connectivity index (χ4n) is 0.722. The largest absolute Gasteiger partial charge is 0.438 e. The summed E-state index contributed by atoms with van der Waals surface area (Å²) in [5, 5.41) is 0. The van der Waals surface area contributed by atoms with Crippen molar-refractivity contribution < 1.29 is 9.31 Å². The highest BCUT2D eigenvalue weighted by Gasteiger charge is 2.15. The highest BCUT2D eigenvalue weighted by molar-refractivity contribution is 5.83. The van der Waals surface area contributed by atoms with Crippen LogP contribution in [-0.4, -0.2) is 30.7 Å². The monoisotopic (exact) mass is 112 g/mol. The van der Waals surface area contributed by atoms with Gasteiger partial charge in [0.2, 0.25) is 0 Å². The maximum absolute atomic E-state index is 5.14. The average Bonchev–Trinajstić information content (AvgIpc) is 2.14. The molecule has 0 N–H and O–H groups in total. The Bertz CT molecular complexity index is 137. The van der Waals surface area contributed by atoms with E-state index in [4.69, 9.17) is 4.74 Å². The summed E-state index contributed by atoms with van der Waals surface area (Å²) < 4.78 is 7.17. The minimum absolute atomic E-state index is 0.803. The van der Waals surface area contributed by atoms with Crippen LogP contribution in [0.15, 0.2) is 12.7 Å². The quantitative estimate of drug-likeness (QED) is 0.443. The van der Waals surface area contributed by atoms with E-state index in [0.29, 0.717) is 0 Å². The molecule has 1 rings (SSSR count). The third-order valence-electron chi connectivity index (χ3n) is 1.23. The van der Waals surface area contributed by atoms with Crippen LogP contribution in [0, 0.1) is 0 Å². The Balaban J connectivity index is 2.72. The molecule has 0 saturated carbocycles. The third kappa shape index (κ3) is 0.735. The molecule has 0 amide bonds. The first kappa shape index (κ1) is 5.35. The van der Waals surface area contributed by atoms with E-state index in [-0.39, 0.29) is 0 Å². The second-order valence-corrected chi connectivity index (χ2v) is 1.81. The van der Waals surface area contributed by atoms with Crippen LogP contribution in [0.4, 0.5) is 0 Å². The number of likely N-dealkylation sites (N-methyl/N-ethyl adjacent to an activating group) is 1. The molecule has 1 aliphatic heterocycles. The summed E-state index contributed by atoms with van der Waals surface area (Å²) in [4.78, 5) is 0. The Hall–Kier alpha value is -0.790. The van der Waals surface area contributed by atoms with Crippen molar-refractivity contribution in [3.63, 3.8) is 0 Å². The molecule has 0 fully saturated rings. The van der Waals surface area contributed by atoms with Crippen LogP contribution in [0.3, 0.4) is 0 Å². The van der Waals surface area contributed by atoms with Crippen molar-refractivity contribution >= 4 is 5.90 Å². The van der Waals surface area contributed by atoms with Gasteiger partial charge in [0.25, 0.3) is 0 Å². The smallest absolute Gasteiger partial charge is 0.361 e. The lowest BCUT2D eigenvalue weighted by molar-refractivity contribution is -0.486. The standard InChI is InChI=1S/C6H10NO/c1-3-6-7(2)4-5-8-6/h3H,1,4-5H2,2H3/q+1. The van der Waals surface area contributed by atoms with E-state index in [2.05, 4.69) is 6.58 Å². The molecule has 0 aromatic heterocycles. The molecule has 0 aromatic carbocycles. The lowest BCUT2D eigenvalue weighted by atomic mass is 10.6. The number of hydrogen-bond acceptors (Lipinski definition) is 1. The summed E-state index contributed by atoms with van der Waals surface area (Å²) in [7, 11) is 1.99. The van der Waals surface area contributed by atoms with Gasteiger partial charge < -0.3 is 4.74 Å². The zero-order chi connectivity index (χ0) is 5.98. The van der Waals surface area contributed by atoms with Crippen LogP contribution >= 0.6 is 0 Å². The first-order valence-corrected chi connectivity index (χ1v) is 2.68. The third-order valence-corrected chi connectivity index (χ3v) is 1.23. The predicted molar refractivity (Wildman–Crippen MR) is 32.2 cm³/mol. The maximum Gasteiger partial charge on any atom is 0.361 e. The molecule has 2 heteroatoms. The minimum atomic E-state index is 0.803. The van der Waals surface area contributed by atoms with Crippen molar-refractivity contribution in [2.45, 2.75) is 0 Å². The summed E-state index contributed by atoms with van der Waals surface area (Å²) in [5.74, 6) is 0.894. The molecule has 8 heavy (non-hydrogen) atoms. The van der Waals surface area contributed by atoms with Gasteiger partial charge in [-0.1, -0.05) is 6.58 Å². The first-order chi connectivity index (χ1) is 3.84. The Morgan fingerprint density at radius 3 is 2.88 bits per heavy atom. The molecular weight excluding hydrogens is 102 g/mol. The molecule has 44 valence electrons. The number of nitrogens with zero attached hydrogens (tertiary/aromatic N) is 1. The van der Waals surface area contributed by atoms with Crippen LogP contribution in [-0.2, 0) is 4.74 Å². The molecule has 0 bridgehead atoms. The Morgan fingerprint density at radius 1 is 1.88 bits per heavy atom. The van der Waals surface area contributed by atoms with Crippen molar-refractivity contribution in [2.24, 2.45) is 0 Å². The van der Waals surface area contributed by atoms with Gasteiger partial charge in [0.05, 0.1) is 0 Å². The van der Waals surface area contributed by atoms with E-state index in [1.54, 1.807) is 6.08 Å². The fraction of sp³-hybridized carbons (Fsp3) is 0.500. The highest BCUT2D eigenvalue weighted by Crippen LogP contribution is 1.91. The van der Waals surface area contributed by atoms with Gasteiger partial charge in [-0.25, -0.2) is 0 Å². The van der Waals surface area contributed by atoms with Gasteiger partial charge >= 0.3 is 5.90 Å². The predicted octanol–water partition coefficient (Wildman–Crippen LogP) is 0.243. The van der Waals surface area contributed by atoms with Crippen molar-refractivity contribution in [3.8, 4) is 0 Å². The Morgan fingerprint density at radius 2 is 2.62 bits per heavy atom. The Kier molecular flexibility index (Phi) is 1.33. The van der Waals surface area contributed by atoms with Crippen LogP contribution in [0.1, 0.15) is 0 Å². The van der Waals surface area contributed by atoms with Gasteiger partial charge in [-0.3, -0.25) is 0 Å². The molecular formula is C6H10NO+. The molecule has 0 unspecified atom stereocenters.